The fourth-order valence-electron chi connectivity index (χ4n) is 2.99. The first-order chi connectivity index (χ1) is 12.4. The minimum Gasteiger partial charge on any atom is -0.478 e. The van der Waals surface area contributed by atoms with Gasteiger partial charge in [-0.25, -0.2) is 4.79 Å². The molecule has 1 aromatic carbocycles. The summed E-state index contributed by atoms with van der Waals surface area (Å²) in [5.41, 5.74) is 1.82. The lowest BCUT2D eigenvalue weighted by Gasteiger charge is -2.30. The number of methoxy groups -OCH3 is 2. The smallest absolute Gasteiger partial charge is 0.328 e. The number of allylic oxidation sites excluding steroid dienone is 2. The second-order valence-electron chi connectivity index (χ2n) is 6.47. The third kappa shape index (κ3) is 7.38. The lowest BCUT2D eigenvalue weighted by molar-refractivity contribution is -0.131. The van der Waals surface area contributed by atoms with Gasteiger partial charge in [-0.15, -0.1) is 0 Å². The van der Waals surface area contributed by atoms with Gasteiger partial charge in [-0.3, -0.25) is 0 Å². The molecule has 1 rings (SSSR count). The van der Waals surface area contributed by atoms with Crippen molar-refractivity contribution in [3.05, 3.63) is 65.8 Å². The molecule has 0 unspecified atom stereocenters. The number of ether oxygens (including phenoxy) is 2. The molecule has 0 bridgehead atoms. The van der Waals surface area contributed by atoms with E-state index in [0.717, 1.165) is 5.56 Å². The van der Waals surface area contributed by atoms with Crippen LogP contribution in [0.2, 0.25) is 0 Å². The highest BCUT2D eigenvalue weighted by Gasteiger charge is 2.27. The molecule has 0 spiro atoms. The van der Waals surface area contributed by atoms with Crippen molar-refractivity contribution in [3.8, 4) is 0 Å². The maximum absolute atomic E-state index is 10.7. The number of carbonyl (C=O) groups is 1. The second-order valence-corrected chi connectivity index (χ2v) is 6.47. The molecule has 4 atom stereocenters. The molecule has 26 heavy (non-hydrogen) atoms. The quantitative estimate of drug-likeness (QED) is 0.491. The molecule has 0 saturated carbocycles. The van der Waals surface area contributed by atoms with E-state index in [0.29, 0.717) is 5.57 Å². The Bertz CT molecular complexity index is 631. The molecule has 4 nitrogen and oxygen atoms in total. The van der Waals surface area contributed by atoms with Crippen LogP contribution in [0.25, 0.3) is 6.08 Å². The summed E-state index contributed by atoms with van der Waals surface area (Å²) in [4.78, 5) is 10.7. The predicted molar refractivity (Wildman–Crippen MR) is 106 cm³/mol. The van der Waals surface area contributed by atoms with E-state index >= 15 is 0 Å². The van der Waals surface area contributed by atoms with Crippen molar-refractivity contribution in [2.75, 3.05) is 14.2 Å². The SMILES string of the molecule is CO[C@H]([C@H](C)[C@H](/C=C/c1ccccc1)OC)[C@@H](C)/C=C/C(C)=C/C(=O)O. The largest absolute Gasteiger partial charge is 0.478 e. The number of hydrogen-bond donors (Lipinski definition) is 1. The Hall–Kier alpha value is -2.17. The van der Waals surface area contributed by atoms with Gasteiger partial charge < -0.3 is 14.6 Å². The van der Waals surface area contributed by atoms with Crippen LogP contribution in [0.5, 0.6) is 0 Å². The van der Waals surface area contributed by atoms with Gasteiger partial charge in [0.1, 0.15) is 0 Å². The predicted octanol–water partition coefficient (Wildman–Crippen LogP) is 4.59. The molecular weight excluding hydrogens is 328 g/mol. The van der Waals surface area contributed by atoms with E-state index in [2.05, 4.69) is 26.0 Å². The van der Waals surface area contributed by atoms with Crippen molar-refractivity contribution in [3.63, 3.8) is 0 Å². The molecule has 0 aliphatic carbocycles. The highest BCUT2D eigenvalue weighted by molar-refractivity contribution is 5.81. The van der Waals surface area contributed by atoms with E-state index < -0.39 is 5.97 Å². The number of rotatable bonds is 10. The fourth-order valence-corrected chi connectivity index (χ4v) is 2.99. The van der Waals surface area contributed by atoms with Crippen LogP contribution in [-0.2, 0) is 14.3 Å². The van der Waals surface area contributed by atoms with Gasteiger partial charge in [-0.2, -0.15) is 0 Å². The Balaban J connectivity index is 2.83. The number of carboxylic acids is 1. The van der Waals surface area contributed by atoms with Gasteiger partial charge in [-0.05, 0) is 18.1 Å². The van der Waals surface area contributed by atoms with Gasteiger partial charge >= 0.3 is 5.97 Å². The molecule has 0 radical (unpaired) electrons. The summed E-state index contributed by atoms with van der Waals surface area (Å²) >= 11 is 0. The fraction of sp³-hybridized carbons (Fsp3) is 0.409. The third-order valence-corrected chi connectivity index (χ3v) is 4.39. The van der Waals surface area contributed by atoms with Gasteiger partial charge in [0.2, 0.25) is 0 Å². The monoisotopic (exact) mass is 358 g/mol. The third-order valence-electron chi connectivity index (χ3n) is 4.39. The Kier molecular flexibility index (Phi) is 9.63. The Labute approximate surface area is 156 Å². The first-order valence-corrected chi connectivity index (χ1v) is 8.77. The highest BCUT2D eigenvalue weighted by Crippen LogP contribution is 2.24. The van der Waals surface area contributed by atoms with Gasteiger partial charge in [0.25, 0.3) is 0 Å². The van der Waals surface area contributed by atoms with E-state index in [4.69, 9.17) is 14.6 Å². The number of aliphatic carboxylic acids is 1. The lowest BCUT2D eigenvalue weighted by atomic mass is 9.88. The zero-order valence-electron chi connectivity index (χ0n) is 16.3. The standard InChI is InChI=1S/C22H30O4/c1-16(15-21(23)24)11-12-17(2)22(26-5)18(3)20(25-4)14-13-19-9-7-6-8-10-19/h6-15,17-18,20,22H,1-5H3,(H,23,24)/b12-11+,14-13+,16-15+/t17-,18+,20-,22-/m0/s1. The van der Waals surface area contributed by atoms with Crippen LogP contribution in [0, 0.1) is 11.8 Å². The molecule has 0 saturated heterocycles. The summed E-state index contributed by atoms with van der Waals surface area (Å²) in [7, 11) is 3.39. The van der Waals surface area contributed by atoms with E-state index in [1.807, 2.05) is 42.5 Å². The molecule has 0 fully saturated rings. The Morgan fingerprint density at radius 2 is 1.73 bits per heavy atom. The first kappa shape index (κ1) is 21.9. The van der Waals surface area contributed by atoms with Crippen LogP contribution in [0.15, 0.2) is 60.2 Å². The average Bonchev–Trinajstić information content (AvgIpc) is 2.61. The Morgan fingerprint density at radius 3 is 2.27 bits per heavy atom. The van der Waals surface area contributed by atoms with E-state index in [9.17, 15) is 4.79 Å². The maximum Gasteiger partial charge on any atom is 0.328 e. The zero-order valence-corrected chi connectivity index (χ0v) is 16.3. The van der Waals surface area contributed by atoms with Crippen LogP contribution in [0.4, 0.5) is 0 Å². The van der Waals surface area contributed by atoms with E-state index in [-0.39, 0.29) is 24.0 Å². The van der Waals surface area contributed by atoms with Crippen LogP contribution in [0.3, 0.4) is 0 Å². The first-order valence-electron chi connectivity index (χ1n) is 8.77. The van der Waals surface area contributed by atoms with E-state index in [1.165, 1.54) is 6.08 Å². The normalized spacial score (nSPS) is 17.3. The molecular formula is C22H30O4. The average molecular weight is 358 g/mol. The minimum absolute atomic E-state index is 0.0609. The highest BCUT2D eigenvalue weighted by atomic mass is 16.5. The molecule has 1 aromatic rings. The molecule has 0 aliphatic heterocycles. The zero-order chi connectivity index (χ0) is 19.5. The van der Waals surface area contributed by atoms with Crippen LogP contribution in [-0.4, -0.2) is 37.5 Å². The minimum atomic E-state index is -0.943. The summed E-state index contributed by atoms with van der Waals surface area (Å²) in [5, 5.41) is 8.79. The molecule has 0 aromatic heterocycles. The van der Waals surface area contributed by atoms with Crippen molar-refractivity contribution in [1.82, 2.24) is 0 Å². The maximum atomic E-state index is 10.7. The molecule has 1 N–H and O–H groups in total. The lowest BCUT2D eigenvalue weighted by Crippen LogP contribution is -2.35. The van der Waals surface area contributed by atoms with Crippen molar-refractivity contribution >= 4 is 12.0 Å². The number of hydrogen-bond acceptors (Lipinski definition) is 3. The Morgan fingerprint density at radius 1 is 1.08 bits per heavy atom. The van der Waals surface area contributed by atoms with Gasteiger partial charge in [-0.1, -0.05) is 68.5 Å². The summed E-state index contributed by atoms with van der Waals surface area (Å²) in [5.74, 6) is -0.717. The summed E-state index contributed by atoms with van der Waals surface area (Å²) in [6, 6.07) is 10.1. The van der Waals surface area contributed by atoms with Crippen LogP contribution >= 0.6 is 0 Å². The van der Waals surface area contributed by atoms with Crippen molar-refractivity contribution in [2.24, 2.45) is 11.8 Å². The topological polar surface area (TPSA) is 55.8 Å². The van der Waals surface area contributed by atoms with Gasteiger partial charge in [0, 0.05) is 32.1 Å². The molecule has 0 aliphatic rings. The number of benzene rings is 1. The van der Waals surface area contributed by atoms with Gasteiger partial charge in [0.15, 0.2) is 0 Å². The van der Waals surface area contributed by atoms with Gasteiger partial charge in [0.05, 0.1) is 12.2 Å². The second kappa shape index (κ2) is 11.4. The van der Waals surface area contributed by atoms with E-state index in [1.54, 1.807) is 21.1 Å². The van der Waals surface area contributed by atoms with Crippen LogP contribution < -0.4 is 0 Å². The summed E-state index contributed by atoms with van der Waals surface area (Å²) < 4.78 is 11.4. The van der Waals surface area contributed by atoms with Crippen molar-refractivity contribution in [2.45, 2.75) is 33.0 Å². The van der Waals surface area contributed by atoms with Crippen molar-refractivity contribution in [1.29, 1.82) is 0 Å². The molecule has 0 heterocycles. The summed E-state index contributed by atoms with van der Waals surface area (Å²) in [6.45, 7) is 5.92. The molecule has 0 amide bonds. The van der Waals surface area contributed by atoms with Crippen molar-refractivity contribution < 1.29 is 19.4 Å². The number of carboxylic acid groups (broad SMARTS) is 1. The summed E-state index contributed by atoms with van der Waals surface area (Å²) in [6.07, 6.45) is 8.94. The molecule has 142 valence electrons. The molecule has 4 heteroatoms. The van der Waals surface area contributed by atoms with Crippen LogP contribution in [0.1, 0.15) is 26.3 Å².